The standard InChI is InChI=1S/C12H18N2O4/c1-5-6-14(7-10(15)17-4)12(16)11-8(2)13-18-9(11)3/h5-7H2,1-4H3. The second-order valence-corrected chi connectivity index (χ2v) is 4.00. The fourth-order valence-corrected chi connectivity index (χ4v) is 1.69. The molecule has 0 atom stereocenters. The molecule has 0 fully saturated rings. The number of hydrogen-bond acceptors (Lipinski definition) is 5. The van der Waals surface area contributed by atoms with Crippen LogP contribution < -0.4 is 0 Å². The topological polar surface area (TPSA) is 72.6 Å². The van der Waals surface area contributed by atoms with Crippen molar-refractivity contribution in [2.24, 2.45) is 0 Å². The monoisotopic (exact) mass is 254 g/mol. The second-order valence-electron chi connectivity index (χ2n) is 4.00. The lowest BCUT2D eigenvalue weighted by Gasteiger charge is -2.20. The molecule has 0 saturated carbocycles. The first-order valence-electron chi connectivity index (χ1n) is 5.80. The lowest BCUT2D eigenvalue weighted by atomic mass is 10.1. The van der Waals surface area contributed by atoms with Crippen LogP contribution in [0, 0.1) is 13.8 Å². The third-order valence-electron chi connectivity index (χ3n) is 2.58. The highest BCUT2D eigenvalue weighted by Gasteiger charge is 2.24. The van der Waals surface area contributed by atoms with Crippen LogP contribution in [0.15, 0.2) is 4.52 Å². The van der Waals surface area contributed by atoms with Gasteiger partial charge in [-0.1, -0.05) is 12.1 Å². The summed E-state index contributed by atoms with van der Waals surface area (Å²) in [4.78, 5) is 25.0. The molecule has 6 heteroatoms. The molecule has 1 rings (SSSR count). The minimum Gasteiger partial charge on any atom is -0.468 e. The molecule has 0 N–H and O–H groups in total. The van der Waals surface area contributed by atoms with Crippen LogP contribution >= 0.6 is 0 Å². The molecule has 6 nitrogen and oxygen atoms in total. The van der Waals surface area contributed by atoms with Crippen LogP contribution in [0.3, 0.4) is 0 Å². The van der Waals surface area contributed by atoms with Crippen molar-refractivity contribution in [2.75, 3.05) is 20.2 Å². The van der Waals surface area contributed by atoms with Crippen LogP contribution in [0.5, 0.6) is 0 Å². The van der Waals surface area contributed by atoms with Crippen molar-refractivity contribution in [2.45, 2.75) is 27.2 Å². The Bertz CT molecular complexity index is 420. The smallest absolute Gasteiger partial charge is 0.325 e. The summed E-state index contributed by atoms with van der Waals surface area (Å²) in [5.74, 6) is -0.231. The van der Waals surface area contributed by atoms with Gasteiger partial charge in [-0.2, -0.15) is 0 Å². The number of aryl methyl sites for hydroxylation is 2. The van der Waals surface area contributed by atoms with Crippen LogP contribution in [0.2, 0.25) is 0 Å². The highest BCUT2D eigenvalue weighted by Crippen LogP contribution is 2.15. The van der Waals surface area contributed by atoms with Gasteiger partial charge in [-0.25, -0.2) is 0 Å². The maximum atomic E-state index is 12.3. The van der Waals surface area contributed by atoms with Gasteiger partial charge in [0.1, 0.15) is 17.9 Å². The van der Waals surface area contributed by atoms with Crippen molar-refractivity contribution < 1.29 is 18.8 Å². The molecular formula is C12H18N2O4. The fourth-order valence-electron chi connectivity index (χ4n) is 1.69. The minimum absolute atomic E-state index is 0.0623. The van der Waals surface area contributed by atoms with E-state index in [0.29, 0.717) is 23.6 Å². The molecule has 18 heavy (non-hydrogen) atoms. The Morgan fingerprint density at radius 3 is 2.50 bits per heavy atom. The van der Waals surface area contributed by atoms with Crippen LogP contribution in [-0.2, 0) is 9.53 Å². The first kappa shape index (κ1) is 14.2. The molecule has 0 radical (unpaired) electrons. The van der Waals surface area contributed by atoms with E-state index in [2.05, 4.69) is 9.89 Å². The number of nitrogens with zero attached hydrogens (tertiary/aromatic N) is 2. The van der Waals surface area contributed by atoms with Crippen molar-refractivity contribution in [1.82, 2.24) is 10.1 Å². The highest BCUT2D eigenvalue weighted by molar-refractivity contribution is 5.97. The van der Waals surface area contributed by atoms with Crippen molar-refractivity contribution in [3.8, 4) is 0 Å². The second kappa shape index (κ2) is 6.18. The lowest BCUT2D eigenvalue weighted by Crippen LogP contribution is -2.37. The van der Waals surface area contributed by atoms with E-state index in [4.69, 9.17) is 4.52 Å². The van der Waals surface area contributed by atoms with E-state index in [1.165, 1.54) is 12.0 Å². The first-order chi connectivity index (χ1) is 8.51. The number of ether oxygens (including phenoxy) is 1. The Balaban J connectivity index is 2.92. The zero-order chi connectivity index (χ0) is 13.7. The van der Waals surface area contributed by atoms with E-state index in [0.717, 1.165) is 6.42 Å². The molecule has 0 saturated heterocycles. The number of esters is 1. The van der Waals surface area contributed by atoms with Gasteiger partial charge in [0.2, 0.25) is 0 Å². The molecule has 0 spiro atoms. The summed E-state index contributed by atoms with van der Waals surface area (Å²) < 4.78 is 9.55. The average Bonchev–Trinajstić information content (AvgIpc) is 2.67. The lowest BCUT2D eigenvalue weighted by molar-refractivity contribution is -0.141. The molecule has 1 aromatic heterocycles. The van der Waals surface area contributed by atoms with Gasteiger partial charge in [-0.3, -0.25) is 9.59 Å². The number of aromatic nitrogens is 1. The minimum atomic E-state index is -0.441. The Labute approximate surface area is 106 Å². The van der Waals surface area contributed by atoms with E-state index in [1.807, 2.05) is 6.92 Å². The van der Waals surface area contributed by atoms with Gasteiger partial charge in [0, 0.05) is 6.54 Å². The van der Waals surface area contributed by atoms with Crippen LogP contribution in [0.4, 0.5) is 0 Å². The highest BCUT2D eigenvalue weighted by atomic mass is 16.5. The number of methoxy groups -OCH3 is 1. The van der Waals surface area contributed by atoms with E-state index < -0.39 is 5.97 Å². The number of carbonyl (C=O) groups excluding carboxylic acids is 2. The number of amides is 1. The maximum absolute atomic E-state index is 12.3. The van der Waals surface area contributed by atoms with Gasteiger partial charge in [-0.05, 0) is 20.3 Å². The van der Waals surface area contributed by atoms with Crippen LogP contribution in [-0.4, -0.2) is 42.1 Å². The van der Waals surface area contributed by atoms with Crippen molar-refractivity contribution in [3.05, 3.63) is 17.0 Å². The zero-order valence-corrected chi connectivity index (χ0v) is 11.1. The number of carbonyl (C=O) groups is 2. The fraction of sp³-hybridized carbons (Fsp3) is 0.583. The predicted molar refractivity (Wildman–Crippen MR) is 64.2 cm³/mol. The molecule has 0 aromatic carbocycles. The summed E-state index contributed by atoms with van der Waals surface area (Å²) in [6, 6.07) is 0. The van der Waals surface area contributed by atoms with Crippen molar-refractivity contribution in [1.29, 1.82) is 0 Å². The quantitative estimate of drug-likeness (QED) is 0.741. The zero-order valence-electron chi connectivity index (χ0n) is 11.1. The molecular weight excluding hydrogens is 236 g/mol. The molecule has 0 aliphatic heterocycles. The normalized spacial score (nSPS) is 10.2. The summed E-state index contributed by atoms with van der Waals surface area (Å²) in [6.07, 6.45) is 0.756. The van der Waals surface area contributed by atoms with E-state index in [-0.39, 0.29) is 12.5 Å². The van der Waals surface area contributed by atoms with Gasteiger partial charge in [-0.15, -0.1) is 0 Å². The molecule has 0 aliphatic rings. The Kier molecular flexibility index (Phi) is 4.88. The van der Waals surface area contributed by atoms with E-state index in [1.54, 1.807) is 13.8 Å². The van der Waals surface area contributed by atoms with E-state index in [9.17, 15) is 9.59 Å². The summed E-state index contributed by atoms with van der Waals surface area (Å²) in [7, 11) is 1.30. The molecule has 0 aliphatic carbocycles. The summed E-state index contributed by atoms with van der Waals surface area (Å²) >= 11 is 0. The predicted octanol–water partition coefficient (Wildman–Crippen LogP) is 1.32. The van der Waals surface area contributed by atoms with Crippen LogP contribution in [0.1, 0.15) is 35.2 Å². The van der Waals surface area contributed by atoms with Gasteiger partial charge < -0.3 is 14.2 Å². The van der Waals surface area contributed by atoms with Crippen LogP contribution in [0.25, 0.3) is 0 Å². The summed E-state index contributed by atoms with van der Waals surface area (Å²) in [5, 5.41) is 3.74. The Hall–Kier alpha value is -1.85. The summed E-state index contributed by atoms with van der Waals surface area (Å²) in [6.45, 7) is 5.73. The SMILES string of the molecule is CCCN(CC(=O)OC)C(=O)c1c(C)noc1C. The third-order valence-corrected chi connectivity index (χ3v) is 2.58. The summed E-state index contributed by atoms with van der Waals surface area (Å²) in [5.41, 5.74) is 0.954. The van der Waals surface area contributed by atoms with Gasteiger partial charge >= 0.3 is 5.97 Å². The van der Waals surface area contributed by atoms with Crippen molar-refractivity contribution >= 4 is 11.9 Å². The molecule has 1 amide bonds. The first-order valence-corrected chi connectivity index (χ1v) is 5.80. The molecule has 0 unspecified atom stereocenters. The molecule has 1 heterocycles. The van der Waals surface area contributed by atoms with Crippen molar-refractivity contribution in [3.63, 3.8) is 0 Å². The van der Waals surface area contributed by atoms with E-state index >= 15 is 0 Å². The van der Waals surface area contributed by atoms with Gasteiger partial charge in [0.25, 0.3) is 5.91 Å². The molecule has 100 valence electrons. The Morgan fingerprint density at radius 2 is 2.06 bits per heavy atom. The third kappa shape index (κ3) is 3.09. The van der Waals surface area contributed by atoms with Gasteiger partial charge in [0.15, 0.2) is 0 Å². The molecule has 0 bridgehead atoms. The average molecular weight is 254 g/mol. The largest absolute Gasteiger partial charge is 0.468 e. The number of hydrogen-bond donors (Lipinski definition) is 0. The maximum Gasteiger partial charge on any atom is 0.325 e. The molecule has 1 aromatic rings. The Morgan fingerprint density at radius 1 is 1.39 bits per heavy atom. The van der Waals surface area contributed by atoms with Gasteiger partial charge in [0.05, 0.1) is 12.8 Å². The number of rotatable bonds is 5.